The summed E-state index contributed by atoms with van der Waals surface area (Å²) >= 11 is 0. The Balaban J connectivity index is 2.11. The van der Waals surface area contributed by atoms with Crippen LogP contribution >= 0.6 is 0 Å². The normalized spacial score (nSPS) is 20.1. The molecular weight excluding hydrogens is 295 g/mol. The van der Waals surface area contributed by atoms with Crippen LogP contribution in [-0.4, -0.2) is 49.5 Å². The van der Waals surface area contributed by atoms with Gasteiger partial charge in [-0.3, -0.25) is 4.79 Å². The highest BCUT2D eigenvalue weighted by atomic mass is 32.2. The second-order valence-corrected chi connectivity index (χ2v) is 7.43. The van der Waals surface area contributed by atoms with Crippen molar-refractivity contribution >= 4 is 16.0 Å². The maximum atomic E-state index is 12.9. The van der Waals surface area contributed by atoms with E-state index < -0.39 is 16.0 Å². The highest BCUT2D eigenvalue weighted by Gasteiger charge is 2.36. The lowest BCUT2D eigenvalue weighted by atomic mass is 10.0. The van der Waals surface area contributed by atoms with Gasteiger partial charge in [-0.1, -0.05) is 0 Å². The van der Waals surface area contributed by atoms with Crippen LogP contribution in [0.2, 0.25) is 0 Å². The Morgan fingerprint density at radius 2 is 1.95 bits per heavy atom. The van der Waals surface area contributed by atoms with Gasteiger partial charge in [-0.25, -0.2) is 4.39 Å². The van der Waals surface area contributed by atoms with Gasteiger partial charge in [0.2, 0.25) is 0 Å². The summed E-state index contributed by atoms with van der Waals surface area (Å²) in [7, 11) is -0.549. The fourth-order valence-electron chi connectivity index (χ4n) is 2.49. The minimum atomic E-state index is -3.51. The molecule has 116 valence electrons. The summed E-state index contributed by atoms with van der Waals surface area (Å²) < 4.78 is 39.8. The van der Waals surface area contributed by atoms with Crippen molar-refractivity contribution in [3.05, 3.63) is 35.6 Å². The van der Waals surface area contributed by atoms with Crippen molar-refractivity contribution in [3.8, 4) is 0 Å². The van der Waals surface area contributed by atoms with Gasteiger partial charge in [-0.05, 0) is 37.1 Å². The lowest BCUT2D eigenvalue weighted by Crippen LogP contribution is -2.43. The lowest BCUT2D eigenvalue weighted by Gasteiger charge is -2.26. The molecule has 1 aliphatic heterocycles. The van der Waals surface area contributed by atoms with Crippen LogP contribution in [0.25, 0.3) is 0 Å². The average Bonchev–Trinajstić information content (AvgIpc) is 2.88. The summed E-state index contributed by atoms with van der Waals surface area (Å²) in [5.41, 5.74) is 0.408. The molecule has 5 nitrogen and oxygen atoms in total. The van der Waals surface area contributed by atoms with E-state index in [2.05, 4.69) is 0 Å². The van der Waals surface area contributed by atoms with Gasteiger partial charge in [0.25, 0.3) is 10.2 Å². The molecule has 0 saturated carbocycles. The first-order chi connectivity index (χ1) is 9.82. The summed E-state index contributed by atoms with van der Waals surface area (Å²) in [6, 6.07) is 5.00. The quantitative estimate of drug-likeness (QED) is 0.777. The molecule has 1 fully saturated rings. The van der Waals surface area contributed by atoms with E-state index >= 15 is 0 Å². The van der Waals surface area contributed by atoms with E-state index in [4.69, 9.17) is 0 Å². The molecule has 2 rings (SSSR count). The van der Waals surface area contributed by atoms with Crippen molar-refractivity contribution in [2.45, 2.75) is 25.3 Å². The molecule has 0 aromatic heterocycles. The number of hydrogen-bond acceptors (Lipinski definition) is 3. The van der Waals surface area contributed by atoms with E-state index in [1.165, 1.54) is 42.7 Å². The predicted octanol–water partition coefficient (Wildman–Crippen LogP) is 1.67. The molecule has 0 spiro atoms. The third kappa shape index (κ3) is 3.48. The second-order valence-electron chi connectivity index (χ2n) is 5.33. The summed E-state index contributed by atoms with van der Waals surface area (Å²) in [6.07, 6.45) is 1.53. The molecule has 0 bridgehead atoms. The average molecular weight is 314 g/mol. The Morgan fingerprint density at radius 3 is 2.52 bits per heavy atom. The monoisotopic (exact) mass is 314 g/mol. The molecule has 1 atom stereocenters. The van der Waals surface area contributed by atoms with Crippen LogP contribution in [0, 0.1) is 5.82 Å². The van der Waals surface area contributed by atoms with Crippen LogP contribution < -0.4 is 0 Å². The van der Waals surface area contributed by atoms with Gasteiger partial charge in [0.15, 0.2) is 5.78 Å². The zero-order valence-electron chi connectivity index (χ0n) is 12.1. The van der Waals surface area contributed by atoms with Crippen molar-refractivity contribution in [3.63, 3.8) is 0 Å². The topological polar surface area (TPSA) is 57.7 Å². The zero-order chi connectivity index (χ0) is 15.6. The Bertz CT molecular complexity index is 614. The zero-order valence-corrected chi connectivity index (χ0v) is 12.9. The number of carbonyl (C=O) groups excluding carboxylic acids is 1. The first-order valence-electron chi connectivity index (χ1n) is 6.80. The van der Waals surface area contributed by atoms with E-state index in [1.54, 1.807) is 0 Å². The van der Waals surface area contributed by atoms with Crippen LogP contribution in [0.3, 0.4) is 0 Å². The second kappa shape index (κ2) is 6.21. The Labute approximate surface area is 124 Å². The SMILES string of the molecule is CN(C)S(=O)(=O)N1CCC[C@@H]1CC(=O)c1ccc(F)cc1. The van der Waals surface area contributed by atoms with Gasteiger partial charge in [0.05, 0.1) is 0 Å². The summed E-state index contributed by atoms with van der Waals surface area (Å²) in [5.74, 6) is -0.565. The van der Waals surface area contributed by atoms with Crippen molar-refractivity contribution in [1.29, 1.82) is 0 Å². The predicted molar refractivity (Wildman–Crippen MR) is 77.7 cm³/mol. The number of rotatable bonds is 5. The van der Waals surface area contributed by atoms with E-state index in [9.17, 15) is 17.6 Å². The molecule has 1 heterocycles. The van der Waals surface area contributed by atoms with Gasteiger partial charge in [0, 0.05) is 38.7 Å². The van der Waals surface area contributed by atoms with Crippen LogP contribution in [0.5, 0.6) is 0 Å². The molecule has 0 radical (unpaired) electrons. The third-order valence-corrected chi connectivity index (χ3v) is 5.66. The molecule has 1 aromatic rings. The third-order valence-electron chi connectivity index (χ3n) is 3.67. The Morgan fingerprint density at radius 1 is 1.33 bits per heavy atom. The molecule has 21 heavy (non-hydrogen) atoms. The van der Waals surface area contributed by atoms with Crippen molar-refractivity contribution in [1.82, 2.24) is 8.61 Å². The van der Waals surface area contributed by atoms with E-state index in [0.29, 0.717) is 18.5 Å². The van der Waals surface area contributed by atoms with Gasteiger partial charge >= 0.3 is 0 Å². The minimum Gasteiger partial charge on any atom is -0.294 e. The standard InChI is InChI=1S/C14H19FN2O3S/c1-16(2)21(19,20)17-9-3-4-13(17)10-14(18)11-5-7-12(15)8-6-11/h5-8,13H,3-4,9-10H2,1-2H3/t13-/m1/s1. The van der Waals surface area contributed by atoms with Gasteiger partial charge in [0.1, 0.15) is 5.82 Å². The van der Waals surface area contributed by atoms with Gasteiger partial charge < -0.3 is 0 Å². The highest BCUT2D eigenvalue weighted by Crippen LogP contribution is 2.25. The Hall–Kier alpha value is -1.31. The number of ketones is 1. The lowest BCUT2D eigenvalue weighted by molar-refractivity contribution is 0.0960. The fourth-order valence-corrected chi connectivity index (χ4v) is 3.83. The number of nitrogens with zero attached hydrogens (tertiary/aromatic N) is 2. The van der Waals surface area contributed by atoms with Crippen molar-refractivity contribution in [2.75, 3.05) is 20.6 Å². The van der Waals surface area contributed by atoms with Gasteiger partial charge in [-0.2, -0.15) is 17.0 Å². The first-order valence-corrected chi connectivity index (χ1v) is 8.20. The first kappa shape index (κ1) is 16.1. The molecule has 0 N–H and O–H groups in total. The minimum absolute atomic E-state index is 0.124. The van der Waals surface area contributed by atoms with Crippen LogP contribution in [0.4, 0.5) is 4.39 Å². The van der Waals surface area contributed by atoms with Gasteiger partial charge in [-0.15, -0.1) is 0 Å². The van der Waals surface area contributed by atoms with E-state index in [0.717, 1.165) is 10.7 Å². The van der Waals surface area contributed by atoms with Crippen molar-refractivity contribution < 1.29 is 17.6 Å². The Kier molecular flexibility index (Phi) is 4.75. The maximum absolute atomic E-state index is 12.9. The number of hydrogen-bond donors (Lipinski definition) is 0. The molecule has 1 aromatic carbocycles. The summed E-state index contributed by atoms with van der Waals surface area (Å²) in [4.78, 5) is 12.2. The van der Waals surface area contributed by atoms with Crippen LogP contribution in [0.1, 0.15) is 29.6 Å². The van der Waals surface area contributed by atoms with Crippen LogP contribution in [-0.2, 0) is 10.2 Å². The molecule has 7 heteroatoms. The number of Topliss-reactive ketones (excluding diaryl/α,β-unsaturated/α-hetero) is 1. The van der Waals surface area contributed by atoms with Crippen LogP contribution in [0.15, 0.2) is 24.3 Å². The summed E-state index contributed by atoms with van der Waals surface area (Å²) in [6.45, 7) is 0.432. The smallest absolute Gasteiger partial charge is 0.281 e. The number of halogens is 1. The fraction of sp³-hybridized carbons (Fsp3) is 0.500. The number of carbonyl (C=O) groups is 1. The molecule has 1 saturated heterocycles. The van der Waals surface area contributed by atoms with E-state index in [1.807, 2.05) is 0 Å². The molecule has 1 aliphatic rings. The summed E-state index contributed by atoms with van der Waals surface area (Å²) in [5, 5.41) is 0. The van der Waals surface area contributed by atoms with Crippen molar-refractivity contribution in [2.24, 2.45) is 0 Å². The highest BCUT2D eigenvalue weighted by molar-refractivity contribution is 7.86. The molecule has 0 aliphatic carbocycles. The number of benzene rings is 1. The van der Waals surface area contributed by atoms with E-state index in [-0.39, 0.29) is 18.2 Å². The largest absolute Gasteiger partial charge is 0.294 e. The maximum Gasteiger partial charge on any atom is 0.281 e. The molecule has 0 unspecified atom stereocenters. The molecular formula is C14H19FN2O3S. The molecule has 0 amide bonds.